The Bertz CT molecular complexity index is 3060. The summed E-state index contributed by atoms with van der Waals surface area (Å²) in [7, 11) is 0. The number of benzene rings is 7. The van der Waals surface area contributed by atoms with E-state index in [1.807, 2.05) is 35.6 Å². The average Bonchev–Trinajstić information content (AvgIpc) is 3.89. The first-order valence-corrected chi connectivity index (χ1v) is 17.0. The number of rotatable bonds is 3. The largest absolute Gasteiger partial charge is 0.456 e. The Balaban J connectivity index is 1.09. The maximum absolute atomic E-state index is 6.25. The van der Waals surface area contributed by atoms with E-state index in [-0.39, 0.29) is 0 Å². The van der Waals surface area contributed by atoms with Crippen molar-refractivity contribution in [2.75, 3.05) is 0 Å². The fourth-order valence-corrected chi connectivity index (χ4v) is 8.79. The van der Waals surface area contributed by atoms with Crippen molar-refractivity contribution < 1.29 is 8.83 Å². The number of nitrogens with zero attached hydrogens (tertiary/aromatic N) is 1. The first-order valence-electron chi connectivity index (χ1n) is 16.2. The minimum atomic E-state index is 0.912. The Kier molecular flexibility index (Phi) is 5.26. The highest BCUT2D eigenvalue weighted by molar-refractivity contribution is 7.26. The zero-order valence-corrected chi connectivity index (χ0v) is 26.4. The van der Waals surface area contributed by atoms with Crippen LogP contribution in [0.3, 0.4) is 0 Å². The summed E-state index contributed by atoms with van der Waals surface area (Å²) in [4.78, 5) is 0. The molecule has 3 nitrogen and oxygen atoms in total. The highest BCUT2D eigenvalue weighted by Crippen LogP contribution is 2.45. The second-order valence-corrected chi connectivity index (χ2v) is 13.6. The molecule has 4 aromatic heterocycles. The van der Waals surface area contributed by atoms with Crippen molar-refractivity contribution in [3.8, 4) is 27.9 Å². The maximum Gasteiger partial charge on any atom is 0.136 e. The molecule has 11 aromatic rings. The molecule has 0 amide bonds. The van der Waals surface area contributed by atoms with Gasteiger partial charge in [0.15, 0.2) is 0 Å². The van der Waals surface area contributed by atoms with Crippen LogP contribution in [0.5, 0.6) is 0 Å². The molecule has 0 saturated carbocycles. The van der Waals surface area contributed by atoms with E-state index in [0.717, 1.165) is 60.7 Å². The van der Waals surface area contributed by atoms with Crippen molar-refractivity contribution in [2.45, 2.75) is 0 Å². The number of para-hydroxylation sites is 3. The van der Waals surface area contributed by atoms with Gasteiger partial charge in [-0.15, -0.1) is 11.3 Å². The number of thiophene rings is 1. The van der Waals surface area contributed by atoms with Gasteiger partial charge in [0, 0.05) is 42.7 Å². The number of furan rings is 2. The summed E-state index contributed by atoms with van der Waals surface area (Å²) in [6.07, 6.45) is 0. The third-order valence-corrected chi connectivity index (χ3v) is 11.0. The average molecular weight is 632 g/mol. The molecule has 0 aliphatic heterocycles. The van der Waals surface area contributed by atoms with Crippen LogP contribution < -0.4 is 0 Å². The van der Waals surface area contributed by atoms with Crippen molar-refractivity contribution in [3.63, 3.8) is 0 Å². The summed E-state index contributed by atoms with van der Waals surface area (Å²) in [5, 5.41) is 7.12. The van der Waals surface area contributed by atoms with Crippen LogP contribution in [0.15, 0.2) is 160 Å². The second-order valence-electron chi connectivity index (χ2n) is 12.5. The van der Waals surface area contributed by atoms with Crippen molar-refractivity contribution in [2.24, 2.45) is 0 Å². The van der Waals surface area contributed by atoms with E-state index in [0.29, 0.717) is 0 Å². The predicted octanol–water partition coefficient (Wildman–Crippen LogP) is 13.1. The molecule has 4 heterocycles. The molecule has 4 heteroatoms. The molecule has 0 unspecified atom stereocenters. The molecule has 7 aromatic carbocycles. The minimum absolute atomic E-state index is 0.912. The molecule has 0 N–H and O–H groups in total. The lowest BCUT2D eigenvalue weighted by molar-refractivity contribution is 0.668. The van der Waals surface area contributed by atoms with E-state index in [1.54, 1.807) is 0 Å². The van der Waals surface area contributed by atoms with Crippen molar-refractivity contribution in [3.05, 3.63) is 152 Å². The van der Waals surface area contributed by atoms with Crippen molar-refractivity contribution in [1.29, 1.82) is 0 Å². The van der Waals surface area contributed by atoms with E-state index in [2.05, 4.69) is 132 Å². The van der Waals surface area contributed by atoms with Crippen LogP contribution in [0.4, 0.5) is 0 Å². The fourth-order valence-electron chi connectivity index (χ4n) is 7.53. The van der Waals surface area contributed by atoms with Gasteiger partial charge in [0.25, 0.3) is 0 Å². The van der Waals surface area contributed by atoms with Gasteiger partial charge in [0.05, 0.1) is 15.7 Å². The van der Waals surface area contributed by atoms with Gasteiger partial charge in [-0.3, -0.25) is 0 Å². The van der Waals surface area contributed by atoms with Gasteiger partial charge < -0.3 is 13.4 Å². The van der Waals surface area contributed by atoms with Crippen LogP contribution in [0.1, 0.15) is 0 Å². The molecular weight excluding hydrogens is 607 g/mol. The number of hydrogen-bond donors (Lipinski definition) is 0. The lowest BCUT2D eigenvalue weighted by atomic mass is 10.0. The molecule has 48 heavy (non-hydrogen) atoms. The number of hydrogen-bond acceptors (Lipinski definition) is 3. The van der Waals surface area contributed by atoms with Crippen molar-refractivity contribution >= 4 is 86.4 Å². The molecule has 0 aliphatic carbocycles. The molecule has 0 fully saturated rings. The topological polar surface area (TPSA) is 31.2 Å². The normalized spacial score (nSPS) is 12.2. The number of fused-ring (bicyclic) bond motifs is 11. The van der Waals surface area contributed by atoms with Crippen LogP contribution in [-0.4, -0.2) is 4.57 Å². The highest BCUT2D eigenvalue weighted by Gasteiger charge is 2.20. The summed E-state index contributed by atoms with van der Waals surface area (Å²) in [5.74, 6) is 0. The van der Waals surface area contributed by atoms with E-state index >= 15 is 0 Å². The summed E-state index contributed by atoms with van der Waals surface area (Å²) in [5.41, 5.74) is 11.9. The Labute approximate surface area is 278 Å². The second kappa shape index (κ2) is 9.71. The van der Waals surface area contributed by atoms with Gasteiger partial charge in [-0.2, -0.15) is 0 Å². The van der Waals surface area contributed by atoms with Crippen LogP contribution in [0.25, 0.3) is 103 Å². The summed E-state index contributed by atoms with van der Waals surface area (Å²) in [6.45, 7) is 0. The molecule has 0 aliphatic rings. The Morgan fingerprint density at radius 1 is 0.396 bits per heavy atom. The van der Waals surface area contributed by atoms with E-state index < -0.39 is 0 Å². The molecular formula is C44H25NO2S. The summed E-state index contributed by atoms with van der Waals surface area (Å²) < 4.78 is 17.5. The van der Waals surface area contributed by atoms with Gasteiger partial charge >= 0.3 is 0 Å². The first-order chi connectivity index (χ1) is 23.8. The summed E-state index contributed by atoms with van der Waals surface area (Å²) >= 11 is 1.87. The fraction of sp³-hybridized carbons (Fsp3) is 0. The lowest BCUT2D eigenvalue weighted by Gasteiger charge is -2.10. The molecule has 0 atom stereocenters. The van der Waals surface area contributed by atoms with E-state index in [1.165, 1.54) is 42.3 Å². The third kappa shape index (κ3) is 3.69. The van der Waals surface area contributed by atoms with Gasteiger partial charge in [-0.1, -0.05) is 91.0 Å². The van der Waals surface area contributed by atoms with Crippen LogP contribution >= 0.6 is 11.3 Å². The first kappa shape index (κ1) is 26.0. The Morgan fingerprint density at radius 2 is 0.896 bits per heavy atom. The van der Waals surface area contributed by atoms with Gasteiger partial charge in [0.2, 0.25) is 0 Å². The lowest BCUT2D eigenvalue weighted by Crippen LogP contribution is -1.93. The molecule has 0 spiro atoms. The Morgan fingerprint density at radius 3 is 1.54 bits per heavy atom. The Hall–Kier alpha value is -6.10. The molecule has 0 bridgehead atoms. The minimum Gasteiger partial charge on any atom is -0.456 e. The molecule has 224 valence electrons. The van der Waals surface area contributed by atoms with Gasteiger partial charge in [-0.25, -0.2) is 0 Å². The van der Waals surface area contributed by atoms with Gasteiger partial charge in [0.1, 0.15) is 22.3 Å². The van der Waals surface area contributed by atoms with Gasteiger partial charge in [-0.05, 0) is 82.9 Å². The highest BCUT2D eigenvalue weighted by atomic mass is 32.1. The number of aromatic nitrogens is 1. The maximum atomic E-state index is 6.25. The monoisotopic (exact) mass is 631 g/mol. The third-order valence-electron chi connectivity index (χ3n) is 9.81. The van der Waals surface area contributed by atoms with Crippen LogP contribution in [0, 0.1) is 0 Å². The molecule has 0 saturated heterocycles. The zero-order valence-electron chi connectivity index (χ0n) is 25.6. The van der Waals surface area contributed by atoms with Crippen LogP contribution in [0.2, 0.25) is 0 Å². The van der Waals surface area contributed by atoms with E-state index in [4.69, 9.17) is 8.83 Å². The summed E-state index contributed by atoms with van der Waals surface area (Å²) in [6, 6.07) is 54.1. The smallest absolute Gasteiger partial charge is 0.136 e. The SMILES string of the molecule is c1ccc(-n2c3cc(-c4ccc5c(c4)oc4ccccc45)ccc3c3sc4cc(-c5ccc6c(c5)oc5ccccc56)ccc4c32)cc1. The van der Waals surface area contributed by atoms with Crippen LogP contribution in [-0.2, 0) is 0 Å². The quantitative estimate of drug-likeness (QED) is 0.194. The van der Waals surface area contributed by atoms with E-state index in [9.17, 15) is 0 Å². The predicted molar refractivity (Wildman–Crippen MR) is 202 cm³/mol. The molecule has 11 rings (SSSR count). The zero-order chi connectivity index (χ0) is 31.3. The standard InChI is InChI=1S/C44H25NO2S/c1-2-8-30(9-3-1)45-37-22-26(27-14-18-33-31-10-4-6-12-38(31)46-40(33)23-27)16-20-35(37)44-43(45)36-21-17-29(25-42(36)48-44)28-15-19-34-32-11-5-7-13-39(32)47-41(34)24-28/h1-25H. The van der Waals surface area contributed by atoms with Crippen molar-refractivity contribution in [1.82, 2.24) is 4.57 Å². The molecule has 0 radical (unpaired) electrons.